The maximum absolute atomic E-state index is 9.18. The van der Waals surface area contributed by atoms with Crippen molar-refractivity contribution in [1.82, 2.24) is 0 Å². The first kappa shape index (κ1) is 13.5. The maximum atomic E-state index is 9.18. The van der Waals surface area contributed by atoms with E-state index in [1.165, 1.54) is 0 Å². The first-order valence-electron chi connectivity index (χ1n) is 5.80. The van der Waals surface area contributed by atoms with Gasteiger partial charge < -0.3 is 9.47 Å². The Morgan fingerprint density at radius 3 is 2.35 bits per heavy atom. The zero-order valence-electron chi connectivity index (χ0n) is 10.7. The highest BCUT2D eigenvalue weighted by Gasteiger charge is 2.23. The topological polar surface area (TPSA) is 42.2 Å². The molecule has 1 aromatic carbocycles. The van der Waals surface area contributed by atoms with Crippen molar-refractivity contribution in [3.8, 4) is 11.8 Å². The fraction of sp³-hybridized carbons (Fsp3) is 0.500. The lowest BCUT2D eigenvalue weighted by molar-refractivity contribution is 0.146. The lowest BCUT2D eigenvalue weighted by atomic mass is 9.82. The number of rotatable bonds is 6. The largest absolute Gasteiger partial charge is 0.491 e. The van der Waals surface area contributed by atoms with E-state index in [1.807, 2.05) is 38.1 Å². The van der Waals surface area contributed by atoms with E-state index >= 15 is 0 Å². The Morgan fingerprint density at radius 2 is 1.88 bits per heavy atom. The second-order valence-electron chi connectivity index (χ2n) is 4.16. The normalized spacial score (nSPS) is 13.8. The smallest absolute Gasteiger partial charge is 0.119 e. The van der Waals surface area contributed by atoms with Gasteiger partial charge in [0.2, 0.25) is 0 Å². The average Bonchev–Trinajstić information content (AvgIpc) is 2.39. The predicted molar refractivity (Wildman–Crippen MR) is 67.1 cm³/mol. The van der Waals surface area contributed by atoms with Crippen molar-refractivity contribution < 1.29 is 9.47 Å². The lowest BCUT2D eigenvalue weighted by Crippen LogP contribution is -2.17. The van der Waals surface area contributed by atoms with Gasteiger partial charge in [0, 0.05) is 7.11 Å². The molecule has 3 heteroatoms. The number of hydrogen-bond donors (Lipinski definition) is 0. The zero-order valence-corrected chi connectivity index (χ0v) is 10.7. The van der Waals surface area contributed by atoms with Gasteiger partial charge in [0.1, 0.15) is 12.4 Å². The van der Waals surface area contributed by atoms with Crippen LogP contribution in [0.5, 0.6) is 5.75 Å². The molecule has 0 aliphatic heterocycles. The summed E-state index contributed by atoms with van der Waals surface area (Å²) in [5, 5.41) is 9.18. The third kappa shape index (κ3) is 3.47. The Labute approximate surface area is 103 Å². The summed E-state index contributed by atoms with van der Waals surface area (Å²) in [5.74, 6) is 0.808. The van der Waals surface area contributed by atoms with Gasteiger partial charge in [-0.3, -0.25) is 0 Å². The Bertz CT molecular complexity index is 380. The fourth-order valence-corrected chi connectivity index (χ4v) is 1.51. The third-order valence-electron chi connectivity index (χ3n) is 3.00. The number of ether oxygens (including phenoxy) is 2. The molecule has 1 aromatic rings. The minimum absolute atomic E-state index is 0.412. The van der Waals surface area contributed by atoms with Crippen molar-refractivity contribution in [3.05, 3.63) is 29.8 Å². The maximum Gasteiger partial charge on any atom is 0.119 e. The van der Waals surface area contributed by atoms with Gasteiger partial charge in [-0.2, -0.15) is 5.26 Å². The number of benzene rings is 1. The highest BCUT2D eigenvalue weighted by Crippen LogP contribution is 2.27. The van der Waals surface area contributed by atoms with E-state index in [4.69, 9.17) is 9.47 Å². The van der Waals surface area contributed by atoms with Crippen LogP contribution >= 0.6 is 0 Å². The van der Waals surface area contributed by atoms with E-state index in [0.717, 1.165) is 17.7 Å². The first-order valence-corrected chi connectivity index (χ1v) is 5.80. The van der Waals surface area contributed by atoms with Gasteiger partial charge in [0.05, 0.1) is 18.1 Å². The van der Waals surface area contributed by atoms with Crippen LogP contribution in [0.15, 0.2) is 24.3 Å². The van der Waals surface area contributed by atoms with Crippen molar-refractivity contribution >= 4 is 0 Å². The molecule has 0 aliphatic carbocycles. The van der Waals surface area contributed by atoms with Crippen molar-refractivity contribution in [2.45, 2.75) is 25.7 Å². The van der Waals surface area contributed by atoms with Gasteiger partial charge in [-0.1, -0.05) is 19.1 Å². The Balaban J connectivity index is 2.71. The van der Waals surface area contributed by atoms with E-state index in [9.17, 15) is 5.26 Å². The van der Waals surface area contributed by atoms with Crippen LogP contribution in [-0.4, -0.2) is 20.3 Å². The molecule has 0 spiro atoms. The van der Waals surface area contributed by atoms with Gasteiger partial charge in [-0.15, -0.1) is 0 Å². The lowest BCUT2D eigenvalue weighted by Gasteiger charge is -2.20. The molecule has 92 valence electrons. The van der Waals surface area contributed by atoms with E-state index in [2.05, 4.69) is 6.07 Å². The predicted octanol–water partition coefficient (Wildman–Crippen LogP) is 2.90. The SMILES string of the molecule is CCC(C)(C#N)c1ccc(OCCOC)cc1. The van der Waals surface area contributed by atoms with Crippen molar-refractivity contribution in [3.63, 3.8) is 0 Å². The van der Waals surface area contributed by atoms with Crippen LogP contribution in [0.3, 0.4) is 0 Å². The van der Waals surface area contributed by atoms with Crippen LogP contribution in [0.2, 0.25) is 0 Å². The summed E-state index contributed by atoms with van der Waals surface area (Å²) in [6, 6.07) is 10.1. The summed E-state index contributed by atoms with van der Waals surface area (Å²) in [5.41, 5.74) is 0.618. The van der Waals surface area contributed by atoms with E-state index < -0.39 is 5.41 Å². The molecule has 0 fully saturated rings. The van der Waals surface area contributed by atoms with E-state index in [0.29, 0.717) is 13.2 Å². The van der Waals surface area contributed by atoms with Gasteiger partial charge >= 0.3 is 0 Å². The molecule has 0 amide bonds. The Morgan fingerprint density at radius 1 is 1.24 bits per heavy atom. The molecule has 0 saturated carbocycles. The van der Waals surface area contributed by atoms with Crippen LogP contribution < -0.4 is 4.74 Å². The zero-order chi connectivity index (χ0) is 12.7. The highest BCUT2D eigenvalue weighted by molar-refractivity contribution is 5.35. The molecule has 1 rings (SSSR count). The molecule has 1 atom stereocenters. The van der Waals surface area contributed by atoms with Gasteiger partial charge in [-0.25, -0.2) is 0 Å². The van der Waals surface area contributed by atoms with Crippen LogP contribution in [0.1, 0.15) is 25.8 Å². The van der Waals surface area contributed by atoms with Crippen LogP contribution in [-0.2, 0) is 10.2 Å². The number of nitrogens with zero attached hydrogens (tertiary/aromatic N) is 1. The van der Waals surface area contributed by atoms with Crippen molar-refractivity contribution in [1.29, 1.82) is 5.26 Å². The second-order valence-corrected chi connectivity index (χ2v) is 4.16. The number of nitriles is 1. The Hall–Kier alpha value is -1.53. The summed E-state index contributed by atoms with van der Waals surface area (Å²) in [6.45, 7) is 5.09. The molecule has 0 saturated heterocycles. The molecule has 0 radical (unpaired) electrons. The minimum Gasteiger partial charge on any atom is -0.491 e. The highest BCUT2D eigenvalue weighted by atomic mass is 16.5. The summed E-state index contributed by atoms with van der Waals surface area (Å²) < 4.78 is 10.4. The molecule has 17 heavy (non-hydrogen) atoms. The van der Waals surface area contributed by atoms with Gasteiger partial charge in [0.25, 0.3) is 0 Å². The molecule has 0 N–H and O–H groups in total. The molecule has 1 unspecified atom stereocenters. The summed E-state index contributed by atoms with van der Waals surface area (Å²) in [7, 11) is 1.64. The molecule has 0 aliphatic rings. The van der Waals surface area contributed by atoms with Crippen LogP contribution in [0.4, 0.5) is 0 Å². The molecular formula is C14H19NO2. The second kappa shape index (κ2) is 6.27. The summed E-state index contributed by atoms with van der Waals surface area (Å²) >= 11 is 0. The average molecular weight is 233 g/mol. The first-order chi connectivity index (χ1) is 8.16. The van der Waals surface area contributed by atoms with Crippen LogP contribution in [0.25, 0.3) is 0 Å². The summed E-state index contributed by atoms with van der Waals surface area (Å²) in [4.78, 5) is 0. The molecule has 3 nitrogen and oxygen atoms in total. The molecule has 0 aromatic heterocycles. The van der Waals surface area contributed by atoms with Crippen molar-refractivity contribution in [2.24, 2.45) is 0 Å². The molecule has 0 heterocycles. The molecular weight excluding hydrogens is 214 g/mol. The van der Waals surface area contributed by atoms with Gasteiger partial charge in [0.15, 0.2) is 0 Å². The van der Waals surface area contributed by atoms with Crippen LogP contribution in [0, 0.1) is 11.3 Å². The minimum atomic E-state index is -0.412. The van der Waals surface area contributed by atoms with E-state index in [1.54, 1.807) is 7.11 Å². The fourth-order valence-electron chi connectivity index (χ4n) is 1.51. The molecule has 0 bridgehead atoms. The number of hydrogen-bond acceptors (Lipinski definition) is 3. The third-order valence-corrected chi connectivity index (χ3v) is 3.00. The van der Waals surface area contributed by atoms with E-state index in [-0.39, 0.29) is 0 Å². The quantitative estimate of drug-likeness (QED) is 0.709. The monoisotopic (exact) mass is 233 g/mol. The standard InChI is InChI=1S/C14H19NO2/c1-4-14(2,11-15)12-5-7-13(8-6-12)17-10-9-16-3/h5-8H,4,9-10H2,1-3H3. The summed E-state index contributed by atoms with van der Waals surface area (Å²) in [6.07, 6.45) is 0.799. The van der Waals surface area contributed by atoms with Gasteiger partial charge in [-0.05, 0) is 31.0 Å². The van der Waals surface area contributed by atoms with Crippen molar-refractivity contribution in [2.75, 3.05) is 20.3 Å². The Kier molecular flexibility index (Phi) is 4.99. The number of methoxy groups -OCH3 is 1.